The molecule has 0 bridgehead atoms. The highest BCUT2D eigenvalue weighted by Gasteiger charge is 2.49. The van der Waals surface area contributed by atoms with Crippen LogP contribution in [-0.2, 0) is 0 Å². The van der Waals surface area contributed by atoms with E-state index in [4.69, 9.17) is 9.72 Å². The van der Waals surface area contributed by atoms with Crippen LogP contribution in [0.25, 0.3) is 55.8 Å². The quantitative estimate of drug-likeness (QED) is 0.0913. The van der Waals surface area contributed by atoms with Crippen molar-refractivity contribution >= 4 is 46.4 Å². The van der Waals surface area contributed by atoms with E-state index >= 15 is 0 Å². The predicted molar refractivity (Wildman–Crippen MR) is 256 cm³/mol. The summed E-state index contributed by atoms with van der Waals surface area (Å²) < 4.78 is 11.2. The van der Waals surface area contributed by atoms with Crippen LogP contribution in [0.15, 0.2) is 206 Å². The van der Waals surface area contributed by atoms with E-state index in [-0.39, 0.29) is 6.98 Å². The Balaban J connectivity index is 0.963. The molecule has 7 heteroatoms. The molecule has 2 aliphatic rings. The van der Waals surface area contributed by atoms with Gasteiger partial charge in [0.2, 0.25) is 0 Å². The van der Waals surface area contributed by atoms with Crippen molar-refractivity contribution in [2.45, 2.75) is 13.8 Å². The molecule has 8 aromatic carbocycles. The predicted octanol–water partition coefficient (Wildman–Crippen LogP) is 12.5. The second-order valence-electron chi connectivity index (χ2n) is 16.3. The minimum Gasteiger partial charge on any atom is -0.458 e. The molecule has 0 atom stereocenters. The zero-order chi connectivity index (χ0) is 42.0. The minimum atomic E-state index is -0.129. The lowest BCUT2D eigenvalue weighted by Gasteiger charge is -2.37. The van der Waals surface area contributed by atoms with Crippen LogP contribution in [-0.4, -0.2) is 16.5 Å². The summed E-state index contributed by atoms with van der Waals surface area (Å²) in [6, 6.07) is 70.5. The SMILES string of the molecule is Cc1cccc(C)c1N1B2c3ccccc3-c3ccc(Oc4cccc(-n5[c-][n+](-c6c(-c7ccccc7)cccc6-c6ccccc6)c6ccccc65)c4)cc3N2c2ncccc21. The highest BCUT2D eigenvalue weighted by atomic mass is 16.5. The molecule has 6 nitrogen and oxygen atoms in total. The second kappa shape index (κ2) is 14.8. The monoisotopic (exact) mass is 809 g/mol. The van der Waals surface area contributed by atoms with Gasteiger partial charge in [0, 0.05) is 29.2 Å². The van der Waals surface area contributed by atoms with Crippen LogP contribution >= 0.6 is 0 Å². The summed E-state index contributed by atoms with van der Waals surface area (Å²) in [4.78, 5) is 9.90. The van der Waals surface area contributed by atoms with Crippen LogP contribution in [0.4, 0.5) is 22.9 Å². The zero-order valence-electron chi connectivity index (χ0n) is 34.9. The molecule has 12 rings (SSSR count). The molecule has 10 aromatic rings. The third kappa shape index (κ3) is 5.96. The summed E-state index contributed by atoms with van der Waals surface area (Å²) in [7, 11) is 0. The molecule has 0 saturated heterocycles. The normalized spacial score (nSPS) is 12.5. The summed E-state index contributed by atoms with van der Waals surface area (Å²) in [6.07, 6.45) is 5.70. The van der Waals surface area contributed by atoms with Gasteiger partial charge in [-0.05, 0) is 101 Å². The first kappa shape index (κ1) is 36.7. The van der Waals surface area contributed by atoms with Crippen LogP contribution in [0.2, 0.25) is 0 Å². The summed E-state index contributed by atoms with van der Waals surface area (Å²) in [5, 5.41) is 0. The van der Waals surface area contributed by atoms with Crippen molar-refractivity contribution in [1.82, 2.24) is 9.55 Å². The van der Waals surface area contributed by atoms with Gasteiger partial charge in [-0.1, -0.05) is 152 Å². The summed E-state index contributed by atoms with van der Waals surface area (Å²) in [5.41, 5.74) is 18.0. The smallest absolute Gasteiger partial charge is 0.422 e. The molecular formula is C56H40BN5O. The maximum atomic E-state index is 6.84. The molecule has 2 aromatic heterocycles. The molecule has 0 saturated carbocycles. The molecule has 2 aliphatic heterocycles. The molecule has 0 unspecified atom stereocenters. The van der Waals surface area contributed by atoms with Gasteiger partial charge in [0.1, 0.15) is 17.3 Å². The van der Waals surface area contributed by atoms with Gasteiger partial charge in [-0.2, -0.15) is 0 Å². The Morgan fingerprint density at radius 3 is 1.95 bits per heavy atom. The number of aromatic nitrogens is 3. The second-order valence-corrected chi connectivity index (χ2v) is 16.3. The average Bonchev–Trinajstić information content (AvgIpc) is 3.89. The number of aryl methyl sites for hydroxylation is 2. The van der Waals surface area contributed by atoms with Crippen LogP contribution in [0.5, 0.6) is 11.5 Å². The zero-order valence-corrected chi connectivity index (χ0v) is 34.9. The van der Waals surface area contributed by atoms with E-state index in [1.807, 2.05) is 18.3 Å². The third-order valence-electron chi connectivity index (χ3n) is 12.5. The van der Waals surface area contributed by atoms with Crippen LogP contribution < -0.4 is 24.4 Å². The molecule has 0 fully saturated rings. The van der Waals surface area contributed by atoms with E-state index in [1.54, 1.807) is 0 Å². The van der Waals surface area contributed by atoms with Crippen molar-refractivity contribution in [3.8, 4) is 56.3 Å². The Kier molecular flexibility index (Phi) is 8.61. The number of fused-ring (bicyclic) bond motifs is 9. The van der Waals surface area contributed by atoms with Gasteiger partial charge >= 0.3 is 6.98 Å². The van der Waals surface area contributed by atoms with Crippen LogP contribution in [0.1, 0.15) is 11.1 Å². The van der Waals surface area contributed by atoms with Gasteiger partial charge in [0.25, 0.3) is 6.33 Å². The molecule has 0 N–H and O–H groups in total. The molecule has 298 valence electrons. The van der Waals surface area contributed by atoms with Gasteiger partial charge < -0.3 is 14.4 Å². The Morgan fingerprint density at radius 1 is 0.524 bits per heavy atom. The first-order chi connectivity index (χ1) is 31.1. The van der Waals surface area contributed by atoms with Gasteiger partial charge in [-0.25, -0.2) is 4.98 Å². The Labute approximate surface area is 367 Å². The van der Waals surface area contributed by atoms with Crippen molar-refractivity contribution in [1.29, 1.82) is 0 Å². The Morgan fingerprint density at radius 2 is 1.17 bits per heavy atom. The topological polar surface area (TPSA) is 37.4 Å². The maximum absolute atomic E-state index is 6.84. The lowest BCUT2D eigenvalue weighted by atomic mass is 9.59. The van der Waals surface area contributed by atoms with Gasteiger partial charge in [-0.3, -0.25) is 9.13 Å². The fourth-order valence-corrected chi connectivity index (χ4v) is 9.77. The van der Waals surface area contributed by atoms with E-state index in [0.717, 1.165) is 78.9 Å². The number of ether oxygens (including phenoxy) is 1. The van der Waals surface area contributed by atoms with Crippen molar-refractivity contribution in [2.24, 2.45) is 0 Å². The fourth-order valence-electron chi connectivity index (χ4n) is 9.77. The number of benzene rings is 8. The highest BCUT2D eigenvalue weighted by molar-refractivity contribution is 6.86. The molecule has 0 spiro atoms. The largest absolute Gasteiger partial charge is 0.458 e. The average molecular weight is 810 g/mol. The lowest BCUT2D eigenvalue weighted by Crippen LogP contribution is -2.56. The maximum Gasteiger partial charge on any atom is 0.422 e. The lowest BCUT2D eigenvalue weighted by molar-refractivity contribution is -0.571. The highest BCUT2D eigenvalue weighted by Crippen LogP contribution is 2.52. The van der Waals surface area contributed by atoms with Gasteiger partial charge in [0.05, 0.1) is 28.1 Å². The Hall–Kier alpha value is -8.16. The Bertz CT molecular complexity index is 3300. The van der Waals surface area contributed by atoms with E-state index in [2.05, 4.69) is 227 Å². The van der Waals surface area contributed by atoms with Crippen LogP contribution in [0, 0.1) is 20.2 Å². The number of hydrogen-bond acceptors (Lipinski definition) is 4. The standard InChI is InChI=1S/C56H40BN5O/c1-38-17-13-18-39(2)54(38)61-52-31-16-34-58-56(52)62-53-36-44(32-33-48(53)47-25-9-10-28-49(47)57(61)62)63-43-24-14-23-42(35-43)59-37-60(51-30-12-11-29-50(51)59)55-45(40-19-5-3-6-20-40)26-15-27-46(55)41-21-7-4-8-22-41/h3-36H,1-2H3. The minimum absolute atomic E-state index is 0.129. The number of imidazole rings is 1. The van der Waals surface area contributed by atoms with Crippen molar-refractivity contribution < 1.29 is 9.30 Å². The number of pyridine rings is 1. The number of hydrogen-bond donors (Lipinski definition) is 0. The molecule has 0 amide bonds. The first-order valence-electron chi connectivity index (χ1n) is 21.4. The van der Waals surface area contributed by atoms with Crippen LogP contribution in [0.3, 0.4) is 0 Å². The van der Waals surface area contributed by atoms with Gasteiger partial charge in [0.15, 0.2) is 0 Å². The number of para-hydroxylation sites is 4. The van der Waals surface area contributed by atoms with E-state index in [0.29, 0.717) is 0 Å². The summed E-state index contributed by atoms with van der Waals surface area (Å²) in [6.45, 7) is 4.27. The summed E-state index contributed by atoms with van der Waals surface area (Å²) in [5.74, 6) is 2.39. The summed E-state index contributed by atoms with van der Waals surface area (Å²) >= 11 is 0. The van der Waals surface area contributed by atoms with E-state index in [1.165, 1.54) is 27.8 Å². The molecule has 4 heterocycles. The molecule has 0 aliphatic carbocycles. The van der Waals surface area contributed by atoms with Gasteiger partial charge in [-0.15, -0.1) is 0 Å². The third-order valence-corrected chi connectivity index (χ3v) is 12.5. The fraction of sp³-hybridized carbons (Fsp3) is 0.0357. The number of nitrogens with zero attached hydrogens (tertiary/aromatic N) is 5. The van der Waals surface area contributed by atoms with E-state index in [9.17, 15) is 0 Å². The molecular weight excluding hydrogens is 769 g/mol. The van der Waals surface area contributed by atoms with Crippen molar-refractivity contribution in [3.05, 3.63) is 224 Å². The van der Waals surface area contributed by atoms with Crippen molar-refractivity contribution in [3.63, 3.8) is 0 Å². The number of rotatable bonds is 7. The number of anilines is 4. The van der Waals surface area contributed by atoms with Crippen molar-refractivity contribution in [2.75, 3.05) is 9.62 Å². The first-order valence-corrected chi connectivity index (χ1v) is 21.4. The molecule has 63 heavy (non-hydrogen) atoms. The molecule has 0 radical (unpaired) electrons. The van der Waals surface area contributed by atoms with E-state index < -0.39 is 0 Å².